The summed E-state index contributed by atoms with van der Waals surface area (Å²) < 4.78 is 13.0. The first kappa shape index (κ1) is 25.1. The molecule has 1 aromatic heterocycles. The SMILES string of the molecule is CCCCCc1cc(CCCCl)cc2c1C[C@@]1(OC2)[C@H](O)CO[C@@H](n2ccc(=O)[nH]c2=O)[C@@H]1O. The molecule has 4 atom stereocenters. The molecule has 0 aliphatic carbocycles. The lowest BCUT2D eigenvalue weighted by molar-refractivity contribution is -0.284. The Kier molecular flexibility index (Phi) is 7.94. The van der Waals surface area contributed by atoms with E-state index in [1.165, 1.54) is 23.4 Å². The normalized spacial score (nSPS) is 26.5. The molecule has 0 amide bonds. The van der Waals surface area contributed by atoms with Crippen LogP contribution in [0.1, 0.15) is 61.1 Å². The number of ether oxygens (including phenoxy) is 2. The minimum atomic E-state index is -1.33. The summed E-state index contributed by atoms with van der Waals surface area (Å²) in [5.74, 6) is 0.603. The number of rotatable bonds is 8. The smallest absolute Gasteiger partial charge is 0.330 e. The number of H-pyrrole nitrogens is 1. The van der Waals surface area contributed by atoms with Crippen molar-refractivity contribution in [1.29, 1.82) is 0 Å². The topological polar surface area (TPSA) is 114 Å². The van der Waals surface area contributed by atoms with Gasteiger partial charge in [0, 0.05) is 24.6 Å². The van der Waals surface area contributed by atoms with E-state index in [1.54, 1.807) is 0 Å². The van der Waals surface area contributed by atoms with Crippen molar-refractivity contribution in [2.75, 3.05) is 12.5 Å². The van der Waals surface area contributed by atoms with Crippen LogP contribution in [0.4, 0.5) is 0 Å². The lowest BCUT2D eigenvalue weighted by Crippen LogP contribution is -2.65. The zero-order valence-electron chi connectivity index (χ0n) is 19.5. The molecule has 1 saturated heterocycles. The second-order valence-corrected chi connectivity index (χ2v) is 9.64. The van der Waals surface area contributed by atoms with Gasteiger partial charge < -0.3 is 19.7 Å². The number of benzene rings is 1. The van der Waals surface area contributed by atoms with Crippen molar-refractivity contribution in [1.82, 2.24) is 9.55 Å². The zero-order valence-corrected chi connectivity index (χ0v) is 20.2. The van der Waals surface area contributed by atoms with Gasteiger partial charge in [0.1, 0.15) is 17.8 Å². The molecule has 0 unspecified atom stereocenters. The second kappa shape index (κ2) is 10.7. The van der Waals surface area contributed by atoms with Gasteiger partial charge in [-0.05, 0) is 47.9 Å². The number of unbranched alkanes of at least 4 members (excludes halogenated alkanes) is 2. The summed E-state index contributed by atoms with van der Waals surface area (Å²) in [4.78, 5) is 26.0. The number of halogens is 1. The number of aromatic nitrogens is 2. The first-order valence-electron chi connectivity index (χ1n) is 12.0. The molecule has 1 aromatic carbocycles. The number of aryl methyl sites for hydroxylation is 2. The molecule has 2 aliphatic heterocycles. The van der Waals surface area contributed by atoms with E-state index in [1.807, 2.05) is 0 Å². The number of nitrogens with zero attached hydrogens (tertiary/aromatic N) is 1. The summed E-state index contributed by atoms with van der Waals surface area (Å²) in [5, 5.41) is 22.4. The third-order valence-corrected chi connectivity index (χ3v) is 7.24. The molecule has 0 saturated carbocycles. The molecule has 0 bridgehead atoms. The highest BCUT2D eigenvalue weighted by molar-refractivity contribution is 6.17. The van der Waals surface area contributed by atoms with Gasteiger partial charge in [-0.2, -0.15) is 0 Å². The maximum Gasteiger partial charge on any atom is 0.330 e. The van der Waals surface area contributed by atoms with Crippen LogP contribution in [0.5, 0.6) is 0 Å². The van der Waals surface area contributed by atoms with Gasteiger partial charge in [0.2, 0.25) is 0 Å². The quantitative estimate of drug-likeness (QED) is 0.384. The molecular weight excluding hydrogens is 460 g/mol. The molecule has 3 heterocycles. The largest absolute Gasteiger partial charge is 0.388 e. The Labute approximate surface area is 203 Å². The van der Waals surface area contributed by atoms with Gasteiger partial charge in [0.15, 0.2) is 6.23 Å². The van der Waals surface area contributed by atoms with E-state index >= 15 is 0 Å². The van der Waals surface area contributed by atoms with Crippen LogP contribution < -0.4 is 11.2 Å². The minimum Gasteiger partial charge on any atom is -0.388 e. The monoisotopic (exact) mass is 492 g/mol. The van der Waals surface area contributed by atoms with Gasteiger partial charge in [0.25, 0.3) is 5.56 Å². The summed E-state index contributed by atoms with van der Waals surface area (Å²) in [6.45, 7) is 2.30. The van der Waals surface area contributed by atoms with Gasteiger partial charge in [0.05, 0.1) is 13.2 Å². The Balaban J connectivity index is 1.69. The van der Waals surface area contributed by atoms with Crippen molar-refractivity contribution in [3.63, 3.8) is 0 Å². The highest BCUT2D eigenvalue weighted by Crippen LogP contribution is 2.42. The summed E-state index contributed by atoms with van der Waals surface area (Å²) in [6.07, 6.45) is 4.08. The first-order valence-corrected chi connectivity index (χ1v) is 12.6. The number of aromatic amines is 1. The number of aliphatic hydroxyl groups is 2. The fourth-order valence-electron chi connectivity index (χ4n) is 5.09. The lowest BCUT2D eigenvalue weighted by Gasteiger charge is -2.50. The number of fused-ring (bicyclic) bond motifs is 1. The van der Waals surface area contributed by atoms with Crippen LogP contribution in [-0.4, -0.2) is 50.1 Å². The van der Waals surface area contributed by atoms with Crippen molar-refractivity contribution in [3.8, 4) is 0 Å². The zero-order chi connectivity index (χ0) is 24.3. The Morgan fingerprint density at radius 3 is 2.76 bits per heavy atom. The van der Waals surface area contributed by atoms with Gasteiger partial charge in [-0.3, -0.25) is 14.3 Å². The van der Waals surface area contributed by atoms with Crippen LogP contribution in [0.3, 0.4) is 0 Å². The van der Waals surface area contributed by atoms with Gasteiger partial charge in [-0.15, -0.1) is 11.6 Å². The average molecular weight is 493 g/mol. The maximum atomic E-state index is 12.4. The van der Waals surface area contributed by atoms with Crippen LogP contribution in [-0.2, 0) is 35.3 Å². The van der Waals surface area contributed by atoms with E-state index in [9.17, 15) is 19.8 Å². The van der Waals surface area contributed by atoms with Crippen molar-refractivity contribution >= 4 is 11.6 Å². The molecule has 3 N–H and O–H groups in total. The van der Waals surface area contributed by atoms with Crippen molar-refractivity contribution in [2.24, 2.45) is 0 Å². The summed E-state index contributed by atoms with van der Waals surface area (Å²) in [6, 6.07) is 5.56. The van der Waals surface area contributed by atoms with Crippen molar-refractivity contribution < 1.29 is 19.7 Å². The van der Waals surface area contributed by atoms with Crippen LogP contribution in [0.25, 0.3) is 0 Å². The molecule has 1 spiro atoms. The number of hydrogen-bond acceptors (Lipinski definition) is 6. The first-order chi connectivity index (χ1) is 16.4. The van der Waals surface area contributed by atoms with E-state index in [4.69, 9.17) is 21.1 Å². The predicted molar refractivity (Wildman–Crippen MR) is 128 cm³/mol. The molecule has 4 rings (SSSR count). The van der Waals surface area contributed by atoms with Crippen LogP contribution in [0.15, 0.2) is 34.0 Å². The third-order valence-electron chi connectivity index (χ3n) is 6.98. The Morgan fingerprint density at radius 2 is 2.03 bits per heavy atom. The van der Waals surface area contributed by atoms with E-state index in [-0.39, 0.29) is 13.2 Å². The average Bonchev–Trinajstić information content (AvgIpc) is 2.82. The molecule has 2 aliphatic rings. The van der Waals surface area contributed by atoms with E-state index in [2.05, 4.69) is 24.0 Å². The number of hydrogen-bond donors (Lipinski definition) is 3. The standard InChI is InChI=1S/C25H33ClN2O6/c1-2-3-4-7-17-11-16(6-5-9-26)12-18-14-34-25(13-19(17)18)20(29)15-33-23(22(25)31)28-10-8-21(30)27-24(28)32/h8,10-12,20,22-23,29,31H,2-7,9,13-15H2,1H3,(H,27,30,32)/t20-,22+,23-,25-/m1/s1. The van der Waals surface area contributed by atoms with E-state index < -0.39 is 35.3 Å². The molecule has 8 nitrogen and oxygen atoms in total. The van der Waals surface area contributed by atoms with Crippen LogP contribution in [0, 0.1) is 0 Å². The maximum absolute atomic E-state index is 12.4. The molecule has 1 fully saturated rings. The highest BCUT2D eigenvalue weighted by atomic mass is 35.5. The fraction of sp³-hybridized carbons (Fsp3) is 0.600. The van der Waals surface area contributed by atoms with Gasteiger partial charge >= 0.3 is 5.69 Å². The molecule has 34 heavy (non-hydrogen) atoms. The van der Waals surface area contributed by atoms with Gasteiger partial charge in [-0.25, -0.2) is 4.79 Å². The Morgan fingerprint density at radius 1 is 1.21 bits per heavy atom. The van der Waals surface area contributed by atoms with E-state index in [0.717, 1.165) is 54.2 Å². The van der Waals surface area contributed by atoms with Crippen molar-refractivity contribution in [3.05, 3.63) is 67.5 Å². The van der Waals surface area contributed by atoms with Crippen LogP contribution in [0.2, 0.25) is 0 Å². The predicted octanol–water partition coefficient (Wildman–Crippen LogP) is 2.20. The molecule has 9 heteroatoms. The summed E-state index contributed by atoms with van der Waals surface area (Å²) >= 11 is 5.91. The second-order valence-electron chi connectivity index (χ2n) is 9.26. The van der Waals surface area contributed by atoms with Crippen molar-refractivity contribution in [2.45, 2.75) is 82.5 Å². The number of nitrogens with one attached hydrogen (secondary N) is 1. The molecule has 2 aromatic rings. The van der Waals surface area contributed by atoms with Crippen LogP contribution >= 0.6 is 11.6 Å². The Bertz CT molecular complexity index is 1120. The Hall–Kier alpha value is -1.97. The highest BCUT2D eigenvalue weighted by Gasteiger charge is 2.55. The summed E-state index contributed by atoms with van der Waals surface area (Å²) in [5.41, 5.74) is 2.02. The third kappa shape index (κ3) is 4.88. The minimum absolute atomic E-state index is 0.110. The lowest BCUT2D eigenvalue weighted by atomic mass is 9.76. The summed E-state index contributed by atoms with van der Waals surface area (Å²) in [7, 11) is 0. The molecule has 0 radical (unpaired) electrons. The molecular formula is C25H33ClN2O6. The number of aliphatic hydroxyl groups excluding tert-OH is 2. The van der Waals surface area contributed by atoms with E-state index in [0.29, 0.717) is 12.3 Å². The molecule has 186 valence electrons. The van der Waals surface area contributed by atoms with Gasteiger partial charge in [-0.1, -0.05) is 31.9 Å². The fourth-order valence-corrected chi connectivity index (χ4v) is 5.23. The number of alkyl halides is 1.